The van der Waals surface area contributed by atoms with Crippen LogP contribution in [0.3, 0.4) is 0 Å². The fraction of sp³-hybridized carbons (Fsp3) is 0.105. The maximum atomic E-state index is 12.7. The van der Waals surface area contributed by atoms with Crippen molar-refractivity contribution < 1.29 is 14.7 Å². The number of carbonyl (C=O) groups is 2. The molecule has 0 aliphatic rings. The van der Waals surface area contributed by atoms with Gasteiger partial charge in [-0.1, -0.05) is 34.1 Å². The minimum atomic E-state index is -1.13. The van der Waals surface area contributed by atoms with Crippen LogP contribution in [0.5, 0.6) is 0 Å². The van der Waals surface area contributed by atoms with Crippen LogP contribution < -0.4 is 10.9 Å². The third kappa shape index (κ3) is 3.52. The van der Waals surface area contributed by atoms with Gasteiger partial charge in [0.25, 0.3) is 11.5 Å². The summed E-state index contributed by atoms with van der Waals surface area (Å²) in [4.78, 5) is 36.1. The van der Waals surface area contributed by atoms with Crippen molar-refractivity contribution >= 4 is 44.4 Å². The van der Waals surface area contributed by atoms with E-state index in [-0.39, 0.29) is 5.56 Å². The Kier molecular flexibility index (Phi) is 4.90. The number of carbonyl (C=O) groups excluding carboxylic acids is 1. The minimum Gasteiger partial charge on any atom is -0.480 e. The van der Waals surface area contributed by atoms with Gasteiger partial charge >= 0.3 is 5.97 Å². The van der Waals surface area contributed by atoms with E-state index in [0.29, 0.717) is 16.6 Å². The second kappa shape index (κ2) is 7.13. The smallest absolute Gasteiger partial charge is 0.323 e. The number of hydrogen-bond donors (Lipinski definition) is 2. The van der Waals surface area contributed by atoms with Crippen LogP contribution in [0, 0.1) is 6.92 Å². The van der Waals surface area contributed by atoms with Gasteiger partial charge in [-0.15, -0.1) is 0 Å². The van der Waals surface area contributed by atoms with Gasteiger partial charge in [-0.3, -0.25) is 19.0 Å². The maximum absolute atomic E-state index is 12.7. The number of anilines is 1. The first-order valence-electron chi connectivity index (χ1n) is 7.78. The average molecular weight is 415 g/mol. The summed E-state index contributed by atoms with van der Waals surface area (Å²) >= 11 is 3.41. The number of fused-ring (bicyclic) bond motifs is 1. The van der Waals surface area contributed by atoms with Crippen LogP contribution in [0.2, 0.25) is 0 Å². The first-order valence-corrected chi connectivity index (χ1v) is 8.58. The van der Waals surface area contributed by atoms with Crippen molar-refractivity contribution in [3.05, 3.63) is 74.5 Å². The van der Waals surface area contributed by atoms with Gasteiger partial charge in [-0.25, -0.2) is 0 Å². The predicted molar refractivity (Wildman–Crippen MR) is 103 cm³/mol. The van der Waals surface area contributed by atoms with Crippen LogP contribution in [0.4, 0.5) is 5.69 Å². The monoisotopic (exact) mass is 414 g/mol. The number of hydrogen-bond acceptors (Lipinski definition) is 3. The Bertz CT molecular complexity index is 1090. The highest BCUT2D eigenvalue weighted by Gasteiger charge is 2.16. The second-order valence-corrected chi connectivity index (χ2v) is 6.67. The number of nitrogens with zero attached hydrogens (tertiary/aromatic N) is 1. The molecule has 1 heterocycles. The largest absolute Gasteiger partial charge is 0.480 e. The number of amides is 1. The number of halogens is 1. The molecule has 7 heteroatoms. The number of carboxylic acids is 1. The van der Waals surface area contributed by atoms with Crippen molar-refractivity contribution in [2.75, 3.05) is 5.32 Å². The second-order valence-electron chi connectivity index (χ2n) is 5.81. The van der Waals surface area contributed by atoms with Gasteiger partial charge in [-0.05, 0) is 36.8 Å². The number of aryl methyl sites for hydroxylation is 1. The van der Waals surface area contributed by atoms with Crippen molar-refractivity contribution in [2.24, 2.45) is 0 Å². The van der Waals surface area contributed by atoms with Gasteiger partial charge in [-0.2, -0.15) is 0 Å². The van der Waals surface area contributed by atoms with Crippen LogP contribution in [0.15, 0.2) is 57.8 Å². The maximum Gasteiger partial charge on any atom is 0.323 e. The van der Waals surface area contributed by atoms with Gasteiger partial charge in [0.15, 0.2) is 0 Å². The van der Waals surface area contributed by atoms with E-state index in [0.717, 1.165) is 14.6 Å². The van der Waals surface area contributed by atoms with Crippen LogP contribution in [0.25, 0.3) is 10.9 Å². The molecule has 26 heavy (non-hydrogen) atoms. The Balaban J connectivity index is 2.07. The number of aliphatic carboxylic acids is 1. The Morgan fingerprint density at radius 2 is 1.88 bits per heavy atom. The molecule has 1 aromatic heterocycles. The molecule has 0 bridgehead atoms. The van der Waals surface area contributed by atoms with Crippen LogP contribution in [0.1, 0.15) is 15.9 Å². The van der Waals surface area contributed by atoms with Gasteiger partial charge in [0, 0.05) is 21.6 Å². The van der Waals surface area contributed by atoms with Gasteiger partial charge < -0.3 is 10.4 Å². The number of pyridine rings is 1. The fourth-order valence-electron chi connectivity index (χ4n) is 2.74. The average Bonchev–Trinajstić information content (AvgIpc) is 2.60. The summed E-state index contributed by atoms with van der Waals surface area (Å²) in [7, 11) is 0. The number of benzene rings is 2. The molecule has 1 amide bonds. The van der Waals surface area contributed by atoms with E-state index in [1.807, 2.05) is 19.1 Å². The zero-order chi connectivity index (χ0) is 18.8. The number of para-hydroxylation sites is 1. The normalized spacial score (nSPS) is 10.7. The highest BCUT2D eigenvalue weighted by Crippen LogP contribution is 2.22. The van der Waals surface area contributed by atoms with Crippen LogP contribution >= 0.6 is 15.9 Å². The lowest BCUT2D eigenvalue weighted by molar-refractivity contribution is -0.137. The van der Waals surface area contributed by atoms with Gasteiger partial charge in [0.2, 0.25) is 0 Å². The first-order chi connectivity index (χ1) is 12.4. The van der Waals surface area contributed by atoms with Crippen LogP contribution in [-0.4, -0.2) is 21.6 Å². The highest BCUT2D eigenvalue weighted by atomic mass is 79.9. The minimum absolute atomic E-state index is 0.202. The van der Waals surface area contributed by atoms with Crippen molar-refractivity contribution in [1.29, 1.82) is 0 Å². The molecule has 3 rings (SSSR count). The molecule has 0 spiro atoms. The van der Waals surface area contributed by atoms with E-state index in [2.05, 4.69) is 21.2 Å². The summed E-state index contributed by atoms with van der Waals surface area (Å²) in [6.07, 6.45) is 0. The topological polar surface area (TPSA) is 88.4 Å². The Labute approximate surface area is 157 Å². The zero-order valence-electron chi connectivity index (χ0n) is 13.8. The molecule has 0 unspecified atom stereocenters. The van der Waals surface area contributed by atoms with Crippen molar-refractivity contribution in [1.82, 2.24) is 4.57 Å². The SMILES string of the molecule is Cc1cc(NC(=O)c2cc(=O)n(CC(=O)O)c3ccccc23)ccc1Br. The molecular formula is C19H15BrN2O4. The lowest BCUT2D eigenvalue weighted by Crippen LogP contribution is -2.26. The molecule has 2 aromatic carbocycles. The molecule has 132 valence electrons. The third-order valence-corrected chi connectivity index (χ3v) is 4.86. The molecular weight excluding hydrogens is 400 g/mol. The summed E-state index contributed by atoms with van der Waals surface area (Å²) in [5, 5.41) is 12.3. The molecule has 0 aliphatic heterocycles. The summed E-state index contributed by atoms with van der Waals surface area (Å²) in [6.45, 7) is 1.44. The van der Waals surface area contributed by atoms with E-state index in [1.165, 1.54) is 6.07 Å². The van der Waals surface area contributed by atoms with E-state index in [9.17, 15) is 14.4 Å². The Hall–Kier alpha value is -2.93. The lowest BCUT2D eigenvalue weighted by atomic mass is 10.1. The van der Waals surface area contributed by atoms with Gasteiger partial charge in [0.1, 0.15) is 6.54 Å². The third-order valence-electron chi connectivity index (χ3n) is 3.97. The zero-order valence-corrected chi connectivity index (χ0v) is 15.4. The molecule has 6 nitrogen and oxygen atoms in total. The molecule has 0 aliphatic carbocycles. The summed E-state index contributed by atoms with van der Waals surface area (Å²) in [6, 6.07) is 13.3. The molecule has 0 radical (unpaired) electrons. The summed E-state index contributed by atoms with van der Waals surface area (Å²) < 4.78 is 2.07. The van der Waals surface area contributed by atoms with E-state index in [1.54, 1.807) is 30.3 Å². The van der Waals surface area contributed by atoms with Crippen LogP contribution in [-0.2, 0) is 11.3 Å². The standard InChI is InChI=1S/C19H15BrN2O4/c1-11-8-12(6-7-15(11)20)21-19(26)14-9-17(23)22(10-18(24)25)16-5-3-2-4-13(14)16/h2-9H,10H2,1H3,(H,21,26)(H,24,25). The van der Waals surface area contributed by atoms with Crippen molar-refractivity contribution in [3.63, 3.8) is 0 Å². The molecule has 0 saturated carbocycles. The van der Waals surface area contributed by atoms with E-state index < -0.39 is 24.0 Å². The molecule has 0 atom stereocenters. The number of aromatic nitrogens is 1. The molecule has 2 N–H and O–H groups in total. The Morgan fingerprint density at radius 1 is 1.15 bits per heavy atom. The lowest BCUT2D eigenvalue weighted by Gasteiger charge is -2.12. The molecule has 0 fully saturated rings. The number of carboxylic acid groups (broad SMARTS) is 1. The molecule has 0 saturated heterocycles. The molecule has 3 aromatic rings. The van der Waals surface area contributed by atoms with Crippen molar-refractivity contribution in [2.45, 2.75) is 13.5 Å². The van der Waals surface area contributed by atoms with Gasteiger partial charge in [0.05, 0.1) is 11.1 Å². The Morgan fingerprint density at radius 3 is 2.58 bits per heavy atom. The van der Waals surface area contributed by atoms with E-state index in [4.69, 9.17) is 5.11 Å². The number of rotatable bonds is 4. The summed E-state index contributed by atoms with van der Waals surface area (Å²) in [5.41, 5.74) is 1.63. The van der Waals surface area contributed by atoms with E-state index >= 15 is 0 Å². The number of nitrogens with one attached hydrogen (secondary N) is 1. The summed E-state index contributed by atoms with van der Waals surface area (Å²) in [5.74, 6) is -1.55. The highest BCUT2D eigenvalue weighted by molar-refractivity contribution is 9.10. The predicted octanol–water partition coefficient (Wildman–Crippen LogP) is 3.41. The quantitative estimate of drug-likeness (QED) is 0.684. The fourth-order valence-corrected chi connectivity index (χ4v) is 2.99. The van der Waals surface area contributed by atoms with Crippen molar-refractivity contribution in [3.8, 4) is 0 Å². The first kappa shape index (κ1) is 17.9.